The van der Waals surface area contributed by atoms with E-state index in [1.807, 2.05) is 17.4 Å². The lowest BCUT2D eigenvalue weighted by molar-refractivity contribution is 1.16. The SMILES string of the molecule is c1ccc(-c2cc(-c3cccc(-n4c5ccccc5c5ccccc54)c3)nc(-c3ccc(-c4ccc5c(c4)nc(-c4cccc6ccccc46)c4sc6ccccc6c45)cc3)n2)cc1. The molecule has 4 aromatic heterocycles. The first-order chi connectivity index (χ1) is 31.7. The third-order valence-corrected chi connectivity index (χ3v) is 13.8. The number of hydrogen-bond donors (Lipinski definition) is 0. The van der Waals surface area contributed by atoms with Crippen molar-refractivity contribution in [3.63, 3.8) is 0 Å². The van der Waals surface area contributed by atoms with E-state index in [-0.39, 0.29) is 0 Å². The van der Waals surface area contributed by atoms with E-state index in [2.05, 4.69) is 217 Å². The monoisotopic (exact) mass is 832 g/mol. The molecule has 0 N–H and O–H groups in total. The fourth-order valence-corrected chi connectivity index (χ4v) is 10.8. The summed E-state index contributed by atoms with van der Waals surface area (Å²) in [6.45, 7) is 0. The van der Waals surface area contributed by atoms with Gasteiger partial charge in [0.15, 0.2) is 5.82 Å². The van der Waals surface area contributed by atoms with Crippen LogP contribution in [0.5, 0.6) is 0 Å². The number of hydrogen-bond acceptors (Lipinski definition) is 4. The van der Waals surface area contributed by atoms with Gasteiger partial charge in [0.1, 0.15) is 0 Å². The first kappa shape index (κ1) is 36.4. The van der Waals surface area contributed by atoms with Crippen molar-refractivity contribution in [3.05, 3.63) is 218 Å². The van der Waals surface area contributed by atoms with Crippen molar-refractivity contribution < 1.29 is 0 Å². The van der Waals surface area contributed by atoms with Crippen LogP contribution in [0.15, 0.2) is 218 Å². The Morgan fingerprint density at radius 2 is 0.984 bits per heavy atom. The molecular weight excluding hydrogens is 797 g/mol. The third kappa shape index (κ3) is 5.93. The number of nitrogens with zero attached hydrogens (tertiary/aromatic N) is 4. The first-order valence-corrected chi connectivity index (χ1v) is 22.4. The molecule has 4 nitrogen and oxygen atoms in total. The standard InChI is InChI=1S/C59H36N4S/c1-2-15-39(16-3-1)50-36-51(42-18-12-19-43(34-42)63-53-25-9-6-21-45(53)46-22-7-10-26-54(46)63)62-59(61-50)40-30-28-37(29-31-40)41-32-33-48-52(35-41)60-57(47-24-13-17-38-14-4-5-20-44(38)47)58-56(48)49-23-8-11-27-55(49)64-58/h1-36H. The molecule has 0 aliphatic carbocycles. The minimum Gasteiger partial charge on any atom is -0.309 e. The number of rotatable bonds is 6. The minimum atomic E-state index is 0.678. The maximum atomic E-state index is 5.49. The Bertz CT molecular complexity index is 3900. The van der Waals surface area contributed by atoms with Crippen LogP contribution in [0.1, 0.15) is 0 Å². The summed E-state index contributed by atoms with van der Waals surface area (Å²) in [4.78, 5) is 15.9. The fourth-order valence-electron chi connectivity index (χ4n) is 9.58. The van der Waals surface area contributed by atoms with E-state index in [1.165, 1.54) is 52.8 Å². The number of fused-ring (bicyclic) bond motifs is 9. The molecule has 13 rings (SSSR count). The lowest BCUT2D eigenvalue weighted by atomic mass is 9.97. The van der Waals surface area contributed by atoms with E-state index in [0.717, 1.165) is 67.1 Å². The van der Waals surface area contributed by atoms with Crippen molar-refractivity contribution in [2.45, 2.75) is 0 Å². The van der Waals surface area contributed by atoms with Crippen LogP contribution in [-0.2, 0) is 0 Å². The molecule has 4 heterocycles. The molecule has 0 amide bonds. The van der Waals surface area contributed by atoms with Gasteiger partial charge in [-0.2, -0.15) is 0 Å². The van der Waals surface area contributed by atoms with Crippen molar-refractivity contribution in [2.75, 3.05) is 0 Å². The average molecular weight is 833 g/mol. The van der Waals surface area contributed by atoms with E-state index >= 15 is 0 Å². The molecule has 0 radical (unpaired) electrons. The number of thiophene rings is 1. The summed E-state index contributed by atoms with van der Waals surface area (Å²) >= 11 is 1.83. The molecule has 9 aromatic carbocycles. The highest BCUT2D eigenvalue weighted by atomic mass is 32.1. The summed E-state index contributed by atoms with van der Waals surface area (Å²) in [5.74, 6) is 0.678. The van der Waals surface area contributed by atoms with E-state index in [9.17, 15) is 0 Å². The molecule has 13 aromatic rings. The highest BCUT2D eigenvalue weighted by molar-refractivity contribution is 7.26. The van der Waals surface area contributed by atoms with Crippen LogP contribution in [0.2, 0.25) is 0 Å². The van der Waals surface area contributed by atoms with Gasteiger partial charge in [0.2, 0.25) is 0 Å². The lowest BCUT2D eigenvalue weighted by Crippen LogP contribution is -1.98. The second-order valence-electron chi connectivity index (χ2n) is 16.3. The summed E-state index contributed by atoms with van der Waals surface area (Å²) in [6.07, 6.45) is 0. The Hall–Kier alpha value is -8.25. The highest BCUT2D eigenvalue weighted by Crippen LogP contribution is 2.45. The van der Waals surface area contributed by atoms with Crippen molar-refractivity contribution in [1.29, 1.82) is 0 Å². The van der Waals surface area contributed by atoms with Crippen molar-refractivity contribution >= 4 is 75.0 Å². The van der Waals surface area contributed by atoms with Crippen LogP contribution < -0.4 is 0 Å². The highest BCUT2D eigenvalue weighted by Gasteiger charge is 2.19. The van der Waals surface area contributed by atoms with Crippen LogP contribution in [0.3, 0.4) is 0 Å². The Morgan fingerprint density at radius 3 is 1.78 bits per heavy atom. The number of para-hydroxylation sites is 2. The van der Waals surface area contributed by atoms with Gasteiger partial charge in [-0.25, -0.2) is 15.0 Å². The molecule has 0 atom stereocenters. The molecule has 0 unspecified atom stereocenters. The Morgan fingerprint density at radius 1 is 0.375 bits per heavy atom. The van der Waals surface area contributed by atoms with Gasteiger partial charge in [-0.05, 0) is 64.4 Å². The fraction of sp³-hybridized carbons (Fsp3) is 0. The van der Waals surface area contributed by atoms with Crippen LogP contribution in [0, 0.1) is 0 Å². The van der Waals surface area contributed by atoms with Gasteiger partial charge < -0.3 is 4.57 Å². The van der Waals surface area contributed by atoms with Crippen LogP contribution >= 0.6 is 11.3 Å². The maximum absolute atomic E-state index is 5.49. The maximum Gasteiger partial charge on any atom is 0.160 e. The summed E-state index contributed by atoms with van der Waals surface area (Å²) in [5, 5.41) is 8.59. The Balaban J connectivity index is 0.920. The zero-order chi connectivity index (χ0) is 42.1. The predicted molar refractivity (Wildman–Crippen MR) is 269 cm³/mol. The summed E-state index contributed by atoms with van der Waals surface area (Å²) in [6, 6.07) is 77.7. The van der Waals surface area contributed by atoms with Gasteiger partial charge >= 0.3 is 0 Å². The molecule has 64 heavy (non-hydrogen) atoms. The Kier molecular flexibility index (Phi) is 8.36. The molecule has 0 saturated heterocycles. The summed E-state index contributed by atoms with van der Waals surface area (Å²) < 4.78 is 4.84. The minimum absolute atomic E-state index is 0.678. The summed E-state index contributed by atoms with van der Waals surface area (Å²) in [5.41, 5.74) is 13.6. The topological polar surface area (TPSA) is 43.6 Å². The van der Waals surface area contributed by atoms with Gasteiger partial charge in [-0.3, -0.25) is 0 Å². The molecule has 0 bridgehead atoms. The van der Waals surface area contributed by atoms with Gasteiger partial charge in [-0.15, -0.1) is 11.3 Å². The first-order valence-electron chi connectivity index (χ1n) is 21.6. The molecule has 298 valence electrons. The van der Waals surface area contributed by atoms with E-state index in [4.69, 9.17) is 15.0 Å². The van der Waals surface area contributed by atoms with Crippen LogP contribution in [-0.4, -0.2) is 19.5 Å². The summed E-state index contributed by atoms with van der Waals surface area (Å²) in [7, 11) is 0. The molecule has 0 aliphatic heterocycles. The Labute approximate surface area is 373 Å². The molecular formula is C59H36N4S. The van der Waals surface area contributed by atoms with Crippen molar-refractivity contribution in [2.24, 2.45) is 0 Å². The normalized spacial score (nSPS) is 11.8. The molecule has 0 spiro atoms. The predicted octanol–water partition coefficient (Wildman–Crippen LogP) is 16.0. The lowest BCUT2D eigenvalue weighted by Gasteiger charge is -2.13. The van der Waals surface area contributed by atoms with Gasteiger partial charge in [-0.1, -0.05) is 176 Å². The molecule has 0 saturated carbocycles. The molecule has 0 aliphatic rings. The zero-order valence-electron chi connectivity index (χ0n) is 34.5. The number of pyridine rings is 1. The second kappa shape index (κ2) is 14.7. The van der Waals surface area contributed by atoms with Crippen LogP contribution in [0.25, 0.3) is 126 Å². The molecule has 5 heteroatoms. The van der Waals surface area contributed by atoms with E-state index in [1.54, 1.807) is 0 Å². The van der Waals surface area contributed by atoms with E-state index < -0.39 is 0 Å². The zero-order valence-corrected chi connectivity index (χ0v) is 35.3. The smallest absolute Gasteiger partial charge is 0.160 e. The van der Waals surface area contributed by atoms with Crippen molar-refractivity contribution in [3.8, 4) is 62.0 Å². The number of benzene rings is 9. The van der Waals surface area contributed by atoms with Gasteiger partial charge in [0, 0.05) is 59.6 Å². The van der Waals surface area contributed by atoms with Crippen LogP contribution in [0.4, 0.5) is 0 Å². The van der Waals surface area contributed by atoms with Gasteiger partial charge in [0.05, 0.1) is 38.3 Å². The molecule has 0 fully saturated rings. The number of aromatic nitrogens is 4. The second-order valence-corrected chi connectivity index (χ2v) is 17.4. The van der Waals surface area contributed by atoms with Gasteiger partial charge in [0.25, 0.3) is 0 Å². The quantitative estimate of drug-likeness (QED) is 0.168. The van der Waals surface area contributed by atoms with E-state index in [0.29, 0.717) is 5.82 Å². The largest absolute Gasteiger partial charge is 0.309 e. The average Bonchev–Trinajstić information content (AvgIpc) is 3.93. The van der Waals surface area contributed by atoms with Crippen molar-refractivity contribution in [1.82, 2.24) is 19.5 Å². The third-order valence-electron chi connectivity index (χ3n) is 12.6.